The summed E-state index contributed by atoms with van der Waals surface area (Å²) in [6, 6.07) is 7.81. The summed E-state index contributed by atoms with van der Waals surface area (Å²) in [6.45, 7) is 4.80. The number of hydrogen-bond donors (Lipinski definition) is 3. The molecule has 0 atom stereocenters. The van der Waals surface area contributed by atoms with Crippen molar-refractivity contribution in [2.24, 2.45) is 0 Å². The van der Waals surface area contributed by atoms with Crippen molar-refractivity contribution < 1.29 is 9.53 Å². The highest BCUT2D eigenvalue weighted by atomic mass is 32.2. The molecule has 0 unspecified atom stereocenters. The predicted octanol–water partition coefficient (Wildman–Crippen LogP) is 2.19. The minimum Gasteiger partial charge on any atom is -0.383 e. The molecule has 1 aromatic heterocycles. The number of ether oxygens (including phenoxy) is 1. The first kappa shape index (κ1) is 19.6. The average Bonchev–Trinajstić information content (AvgIpc) is 3.09. The van der Waals surface area contributed by atoms with E-state index in [2.05, 4.69) is 9.88 Å². The summed E-state index contributed by atoms with van der Waals surface area (Å²) in [4.78, 5) is 19.8. The van der Waals surface area contributed by atoms with Gasteiger partial charge in [0, 0.05) is 63.4 Å². The van der Waals surface area contributed by atoms with Gasteiger partial charge < -0.3 is 14.6 Å². The lowest BCUT2D eigenvalue weighted by Gasteiger charge is -2.35. The molecule has 7 nitrogen and oxygen atoms in total. The van der Waals surface area contributed by atoms with Crippen molar-refractivity contribution >= 4 is 38.7 Å². The number of rotatable bonds is 6. The number of carbonyl (C=O) groups is 1. The molecule has 0 bridgehead atoms. The van der Waals surface area contributed by atoms with Crippen molar-refractivity contribution in [2.75, 3.05) is 46.4 Å². The molecule has 0 radical (unpaired) electrons. The molecular formula is C19H25N5O2S. The van der Waals surface area contributed by atoms with E-state index >= 15 is 0 Å². The zero-order valence-electron chi connectivity index (χ0n) is 15.5. The van der Waals surface area contributed by atoms with E-state index in [1.807, 2.05) is 35.4 Å². The zero-order valence-corrected chi connectivity index (χ0v) is 16.3. The molecule has 0 amide bonds. The molecule has 2 heterocycles. The molecule has 1 aliphatic rings. The van der Waals surface area contributed by atoms with Crippen LogP contribution in [-0.4, -0.2) is 77.2 Å². The number of H-pyrrole nitrogens is 1. The molecule has 3 N–H and O–H groups in total. The molecular weight excluding hydrogens is 362 g/mol. The molecule has 8 heteroatoms. The monoisotopic (exact) mass is 387 g/mol. The number of carbonyl (C=O) groups excluding carboxylic acids is 1. The van der Waals surface area contributed by atoms with Crippen LogP contribution >= 0.6 is 11.8 Å². The second kappa shape index (κ2) is 9.16. The average molecular weight is 388 g/mol. The Kier molecular flexibility index (Phi) is 6.65. The number of fused-ring (bicyclic) bond motifs is 1. The molecule has 3 rings (SSSR count). The lowest BCUT2D eigenvalue weighted by atomic mass is 10.1. The largest absolute Gasteiger partial charge is 0.383 e. The number of Topliss-reactive ketones (excluding diaryl/α,β-unsaturated/α-hetero) is 1. The Hall–Kier alpha value is -2.16. The highest BCUT2D eigenvalue weighted by Crippen LogP contribution is 2.20. The molecule has 2 aromatic rings. The maximum Gasteiger partial charge on any atom is 0.191 e. The van der Waals surface area contributed by atoms with Gasteiger partial charge in [-0.2, -0.15) is 0 Å². The van der Waals surface area contributed by atoms with Crippen molar-refractivity contribution in [2.45, 2.75) is 6.42 Å². The quantitative estimate of drug-likeness (QED) is 0.522. The summed E-state index contributed by atoms with van der Waals surface area (Å²) in [5, 5.41) is 17.5. The number of nitrogens with one attached hydrogen (secondary N) is 3. The number of methoxy groups -OCH3 is 1. The number of nitrogens with zero attached hydrogens (tertiary/aromatic N) is 2. The molecule has 1 aliphatic heterocycles. The second-order valence-corrected chi connectivity index (χ2v) is 7.52. The summed E-state index contributed by atoms with van der Waals surface area (Å²) in [5.41, 5.74) is 1.87. The number of aromatic nitrogens is 1. The lowest BCUT2D eigenvalue weighted by Crippen LogP contribution is -2.48. The zero-order chi connectivity index (χ0) is 19.2. The fraction of sp³-hybridized carbons (Fsp3) is 0.421. The second-order valence-electron chi connectivity index (χ2n) is 6.52. The van der Waals surface area contributed by atoms with Crippen LogP contribution in [0.25, 0.3) is 10.9 Å². The van der Waals surface area contributed by atoms with Crippen LogP contribution in [0.2, 0.25) is 0 Å². The molecule has 27 heavy (non-hydrogen) atoms. The molecule has 144 valence electrons. The van der Waals surface area contributed by atoms with Gasteiger partial charge in [0.15, 0.2) is 11.0 Å². The van der Waals surface area contributed by atoms with Gasteiger partial charge in [-0.15, -0.1) is 0 Å². The van der Waals surface area contributed by atoms with Crippen LogP contribution in [0.15, 0.2) is 30.5 Å². The van der Waals surface area contributed by atoms with Crippen molar-refractivity contribution in [3.8, 4) is 0 Å². The molecule has 1 saturated heterocycles. The number of para-hydroxylation sites is 1. The first-order chi connectivity index (χ1) is 13.1. The van der Waals surface area contributed by atoms with E-state index in [1.165, 1.54) is 0 Å². The number of ketones is 1. The van der Waals surface area contributed by atoms with Crippen LogP contribution in [0.5, 0.6) is 0 Å². The van der Waals surface area contributed by atoms with E-state index in [9.17, 15) is 4.79 Å². The van der Waals surface area contributed by atoms with E-state index in [1.54, 1.807) is 7.11 Å². The summed E-state index contributed by atoms with van der Waals surface area (Å²) >= 11 is 0.950. The van der Waals surface area contributed by atoms with E-state index < -0.39 is 0 Å². The van der Waals surface area contributed by atoms with Gasteiger partial charge in [-0.25, -0.2) is 0 Å². The van der Waals surface area contributed by atoms with Crippen LogP contribution in [0.1, 0.15) is 5.56 Å². The predicted molar refractivity (Wildman–Crippen MR) is 110 cm³/mol. The van der Waals surface area contributed by atoms with Gasteiger partial charge in [0.2, 0.25) is 0 Å². The minimum atomic E-state index is -0.256. The van der Waals surface area contributed by atoms with Gasteiger partial charge in [0.1, 0.15) is 5.04 Å². The summed E-state index contributed by atoms with van der Waals surface area (Å²) in [6.07, 6.45) is 2.00. The van der Waals surface area contributed by atoms with Gasteiger partial charge in [0.05, 0.1) is 6.61 Å². The van der Waals surface area contributed by atoms with Crippen molar-refractivity contribution in [3.05, 3.63) is 36.0 Å². The molecule has 1 fully saturated rings. The van der Waals surface area contributed by atoms with Gasteiger partial charge in [0.25, 0.3) is 0 Å². The van der Waals surface area contributed by atoms with Gasteiger partial charge in [-0.1, -0.05) is 18.2 Å². The first-order valence-corrected chi connectivity index (χ1v) is 9.79. The maximum atomic E-state index is 12.4. The molecule has 0 spiro atoms. The lowest BCUT2D eigenvalue weighted by molar-refractivity contribution is -0.112. The smallest absolute Gasteiger partial charge is 0.191 e. The standard InChI is InChI=1S/C19H25N5O2S/c1-26-11-10-23-6-8-24(9-7-23)19(21)27-18(20)17(25)12-14-13-22-16-5-3-2-4-15(14)16/h2-5,13,20-22H,6-12H2,1H3. The SMILES string of the molecule is COCCN1CCN(C(=N)SC(=N)C(=O)Cc2c[nH]c3ccccc23)CC1. The van der Waals surface area contributed by atoms with E-state index in [0.717, 1.165) is 61.0 Å². The summed E-state index contributed by atoms with van der Waals surface area (Å²) < 4.78 is 5.10. The molecule has 1 aromatic carbocycles. The number of benzene rings is 1. The number of piperazine rings is 1. The minimum absolute atomic E-state index is 0.0768. The fourth-order valence-corrected chi connectivity index (χ4v) is 3.84. The molecule has 0 aliphatic carbocycles. The Balaban J connectivity index is 1.49. The van der Waals surface area contributed by atoms with Crippen LogP contribution in [0.4, 0.5) is 0 Å². The van der Waals surface area contributed by atoms with Crippen LogP contribution in [-0.2, 0) is 16.0 Å². The normalized spacial score (nSPS) is 15.2. The van der Waals surface area contributed by atoms with E-state index in [-0.39, 0.29) is 22.4 Å². The summed E-state index contributed by atoms with van der Waals surface area (Å²) in [7, 11) is 1.70. The van der Waals surface area contributed by atoms with Gasteiger partial charge >= 0.3 is 0 Å². The van der Waals surface area contributed by atoms with Crippen LogP contribution in [0, 0.1) is 10.8 Å². The highest BCUT2D eigenvalue weighted by Gasteiger charge is 2.22. The van der Waals surface area contributed by atoms with Crippen molar-refractivity contribution in [3.63, 3.8) is 0 Å². The van der Waals surface area contributed by atoms with Crippen LogP contribution in [0.3, 0.4) is 0 Å². The van der Waals surface area contributed by atoms with E-state index in [4.69, 9.17) is 15.6 Å². The Morgan fingerprint density at radius 2 is 1.96 bits per heavy atom. The number of aromatic amines is 1. The fourth-order valence-electron chi connectivity index (χ4n) is 3.14. The number of amidine groups is 1. The highest BCUT2D eigenvalue weighted by molar-refractivity contribution is 8.27. The first-order valence-electron chi connectivity index (χ1n) is 8.98. The van der Waals surface area contributed by atoms with Crippen LogP contribution < -0.4 is 0 Å². The summed E-state index contributed by atoms with van der Waals surface area (Å²) in [5.74, 6) is -0.256. The Morgan fingerprint density at radius 3 is 2.70 bits per heavy atom. The van der Waals surface area contributed by atoms with E-state index in [0.29, 0.717) is 6.61 Å². The number of thioether (sulfide) groups is 1. The molecule has 0 saturated carbocycles. The van der Waals surface area contributed by atoms with Gasteiger partial charge in [-0.05, 0) is 23.4 Å². The Morgan fingerprint density at radius 1 is 1.22 bits per heavy atom. The third-order valence-electron chi connectivity index (χ3n) is 4.75. The third kappa shape index (κ3) is 4.97. The van der Waals surface area contributed by atoms with Gasteiger partial charge in [-0.3, -0.25) is 20.5 Å². The van der Waals surface area contributed by atoms with Crippen molar-refractivity contribution in [1.82, 2.24) is 14.8 Å². The maximum absolute atomic E-state index is 12.4. The Labute approximate surface area is 163 Å². The number of hydrogen-bond acceptors (Lipinski definition) is 6. The topological polar surface area (TPSA) is 96.3 Å². The van der Waals surface area contributed by atoms with Crippen molar-refractivity contribution in [1.29, 1.82) is 10.8 Å². The third-order valence-corrected chi connectivity index (χ3v) is 5.63. The Bertz CT molecular complexity index is 826.